The highest BCUT2D eigenvalue weighted by molar-refractivity contribution is 5.90. The quantitative estimate of drug-likeness (QED) is 0.818. The molecule has 2 saturated heterocycles. The summed E-state index contributed by atoms with van der Waals surface area (Å²) in [4.78, 5) is 31.0. The number of benzene rings is 1. The maximum Gasteiger partial charge on any atom is 0.321 e. The summed E-state index contributed by atoms with van der Waals surface area (Å²) in [5.74, 6) is 2.75. The van der Waals surface area contributed by atoms with E-state index in [1.807, 2.05) is 37.8 Å². The fourth-order valence-corrected chi connectivity index (χ4v) is 4.10. The number of aryl methyl sites for hydroxylation is 3. The molecule has 0 aliphatic carbocycles. The van der Waals surface area contributed by atoms with E-state index in [0.717, 1.165) is 73.5 Å². The summed E-state index contributed by atoms with van der Waals surface area (Å²) in [6, 6.07) is 8.18. The van der Waals surface area contributed by atoms with Crippen LogP contribution in [0.5, 0.6) is 0 Å². The molecule has 2 aliphatic heterocycles. The van der Waals surface area contributed by atoms with Crippen LogP contribution in [0.1, 0.15) is 17.0 Å². The van der Waals surface area contributed by atoms with E-state index in [0.29, 0.717) is 13.1 Å². The van der Waals surface area contributed by atoms with E-state index in [1.165, 1.54) is 0 Å². The van der Waals surface area contributed by atoms with Crippen LogP contribution in [-0.4, -0.2) is 85.2 Å². The van der Waals surface area contributed by atoms with Gasteiger partial charge in [-0.15, -0.1) is 0 Å². The predicted molar refractivity (Wildman–Crippen MR) is 125 cm³/mol. The van der Waals surface area contributed by atoms with Gasteiger partial charge in [-0.25, -0.2) is 14.8 Å². The van der Waals surface area contributed by atoms with Crippen molar-refractivity contribution < 1.29 is 4.79 Å². The van der Waals surface area contributed by atoms with Crippen molar-refractivity contribution >= 4 is 23.4 Å². The Bertz CT molecular complexity index is 932. The number of aromatic nitrogens is 2. The zero-order valence-corrected chi connectivity index (χ0v) is 19.1. The van der Waals surface area contributed by atoms with Crippen molar-refractivity contribution in [3.63, 3.8) is 0 Å². The number of amides is 2. The van der Waals surface area contributed by atoms with Crippen LogP contribution in [0.15, 0.2) is 24.3 Å². The lowest BCUT2D eigenvalue weighted by molar-refractivity contribution is 0.208. The Kier molecular flexibility index (Phi) is 6.27. The fourth-order valence-electron chi connectivity index (χ4n) is 4.10. The second-order valence-electron chi connectivity index (χ2n) is 8.64. The molecule has 1 aromatic heterocycles. The summed E-state index contributed by atoms with van der Waals surface area (Å²) < 4.78 is 0. The number of rotatable bonds is 3. The van der Waals surface area contributed by atoms with Crippen molar-refractivity contribution in [1.82, 2.24) is 19.8 Å². The van der Waals surface area contributed by atoms with Crippen molar-refractivity contribution in [3.8, 4) is 0 Å². The number of nitrogens with one attached hydrogen (secondary N) is 1. The highest BCUT2D eigenvalue weighted by Crippen LogP contribution is 2.22. The molecule has 2 aliphatic rings. The van der Waals surface area contributed by atoms with Crippen LogP contribution in [0.4, 0.5) is 22.1 Å². The third-order valence-corrected chi connectivity index (χ3v) is 6.16. The average Bonchev–Trinajstić information content (AvgIpc) is 2.76. The number of urea groups is 1. The first kappa shape index (κ1) is 21.4. The number of hydrogen-bond donors (Lipinski definition) is 1. The monoisotopic (exact) mass is 423 g/mol. The van der Waals surface area contributed by atoms with Crippen molar-refractivity contribution in [1.29, 1.82) is 0 Å². The Balaban J connectivity index is 1.38. The van der Waals surface area contributed by atoms with E-state index in [2.05, 4.69) is 49.2 Å². The largest absolute Gasteiger partial charge is 0.354 e. The van der Waals surface area contributed by atoms with E-state index in [9.17, 15) is 4.79 Å². The number of carbonyl (C=O) groups excluding carboxylic acids is 1. The molecule has 0 unspecified atom stereocenters. The van der Waals surface area contributed by atoms with Crippen molar-refractivity contribution in [2.75, 3.05) is 74.5 Å². The van der Waals surface area contributed by atoms with Gasteiger partial charge in [-0.2, -0.15) is 0 Å². The third-order valence-electron chi connectivity index (χ3n) is 6.16. The maximum atomic E-state index is 12.8. The van der Waals surface area contributed by atoms with Gasteiger partial charge in [-0.1, -0.05) is 12.1 Å². The predicted octanol–water partition coefficient (Wildman–Crippen LogP) is 2.51. The van der Waals surface area contributed by atoms with Crippen LogP contribution >= 0.6 is 0 Å². The third kappa shape index (κ3) is 5.07. The van der Waals surface area contributed by atoms with Crippen molar-refractivity contribution in [2.24, 2.45) is 0 Å². The molecule has 2 fully saturated rings. The Morgan fingerprint density at radius 1 is 0.839 bits per heavy atom. The van der Waals surface area contributed by atoms with E-state index in [-0.39, 0.29) is 6.03 Å². The number of hydrogen-bond acceptors (Lipinski definition) is 6. The standard InChI is InChI=1S/C23H33N7O/c1-17-5-6-18(2)20(15-17)26-23(31)30-13-11-29(12-14-30)22-16-21(24-19(3)25-22)28-9-7-27(4)8-10-28/h5-6,15-16H,7-14H2,1-4H3,(H,26,31). The molecule has 166 valence electrons. The molecule has 0 radical (unpaired) electrons. The molecule has 0 atom stereocenters. The van der Waals surface area contributed by atoms with Crippen molar-refractivity contribution in [2.45, 2.75) is 20.8 Å². The summed E-state index contributed by atoms with van der Waals surface area (Å²) in [7, 11) is 2.16. The lowest BCUT2D eigenvalue weighted by Gasteiger charge is -2.36. The number of anilines is 3. The SMILES string of the molecule is Cc1ccc(C)c(NC(=O)N2CCN(c3cc(N4CCN(C)CC4)nc(C)n3)CC2)c1. The topological polar surface area (TPSA) is 67.8 Å². The minimum absolute atomic E-state index is 0.0367. The zero-order chi connectivity index (χ0) is 22.0. The molecule has 2 aromatic rings. The maximum absolute atomic E-state index is 12.8. The van der Waals surface area contributed by atoms with Gasteiger partial charge in [0.05, 0.1) is 0 Å². The Labute approximate surface area is 184 Å². The number of piperazine rings is 2. The van der Waals surface area contributed by atoms with Crippen LogP contribution < -0.4 is 15.1 Å². The van der Waals surface area contributed by atoms with Crippen molar-refractivity contribution in [3.05, 3.63) is 41.2 Å². The average molecular weight is 424 g/mol. The van der Waals surface area contributed by atoms with Gasteiger partial charge < -0.3 is 24.9 Å². The lowest BCUT2D eigenvalue weighted by Crippen LogP contribution is -2.50. The minimum atomic E-state index is -0.0367. The van der Waals surface area contributed by atoms with Gasteiger partial charge in [0.25, 0.3) is 0 Å². The van der Waals surface area contributed by atoms with Crippen LogP contribution in [0.3, 0.4) is 0 Å². The van der Waals surface area contributed by atoms with E-state index < -0.39 is 0 Å². The molecule has 1 aromatic carbocycles. The highest BCUT2D eigenvalue weighted by Gasteiger charge is 2.24. The van der Waals surface area contributed by atoms with Crippen LogP contribution in [0, 0.1) is 20.8 Å². The summed E-state index contributed by atoms with van der Waals surface area (Å²) in [6.07, 6.45) is 0. The second-order valence-corrected chi connectivity index (χ2v) is 8.64. The second kappa shape index (κ2) is 9.09. The smallest absolute Gasteiger partial charge is 0.321 e. The van der Waals surface area contributed by atoms with Crippen LogP contribution in [0.2, 0.25) is 0 Å². The molecule has 4 rings (SSSR count). The van der Waals surface area contributed by atoms with Crippen LogP contribution in [0.25, 0.3) is 0 Å². The summed E-state index contributed by atoms with van der Waals surface area (Å²) in [5.41, 5.74) is 3.10. The van der Waals surface area contributed by atoms with Gasteiger partial charge in [-0.3, -0.25) is 0 Å². The molecule has 0 saturated carbocycles. The molecule has 8 nitrogen and oxygen atoms in total. The summed E-state index contributed by atoms with van der Waals surface area (Å²) in [5, 5.41) is 3.07. The van der Waals surface area contributed by atoms with E-state index >= 15 is 0 Å². The Morgan fingerprint density at radius 2 is 1.42 bits per heavy atom. The number of nitrogens with zero attached hydrogens (tertiary/aromatic N) is 6. The Hall–Kier alpha value is -2.87. The van der Waals surface area contributed by atoms with Crippen LogP contribution in [-0.2, 0) is 0 Å². The van der Waals surface area contributed by atoms with Gasteiger partial charge in [-0.05, 0) is 45.0 Å². The zero-order valence-electron chi connectivity index (χ0n) is 19.1. The molecule has 1 N–H and O–H groups in total. The van der Waals surface area contributed by atoms with E-state index in [1.54, 1.807) is 0 Å². The van der Waals surface area contributed by atoms with Gasteiger partial charge >= 0.3 is 6.03 Å². The first-order valence-corrected chi connectivity index (χ1v) is 11.1. The minimum Gasteiger partial charge on any atom is -0.354 e. The Morgan fingerprint density at radius 3 is 2.03 bits per heavy atom. The fraction of sp³-hybridized carbons (Fsp3) is 0.522. The first-order chi connectivity index (χ1) is 14.9. The van der Waals surface area contributed by atoms with E-state index in [4.69, 9.17) is 0 Å². The molecule has 2 amide bonds. The number of likely N-dealkylation sites (N-methyl/N-ethyl adjacent to an activating group) is 1. The first-order valence-electron chi connectivity index (χ1n) is 11.1. The molecular formula is C23H33N7O. The summed E-state index contributed by atoms with van der Waals surface area (Å²) >= 11 is 0. The highest BCUT2D eigenvalue weighted by atomic mass is 16.2. The van der Waals surface area contributed by atoms with Gasteiger partial charge in [0.15, 0.2) is 0 Å². The van der Waals surface area contributed by atoms with Gasteiger partial charge in [0.1, 0.15) is 17.5 Å². The molecule has 31 heavy (non-hydrogen) atoms. The molecular weight excluding hydrogens is 390 g/mol. The normalized spacial score (nSPS) is 17.7. The van der Waals surface area contributed by atoms with Gasteiger partial charge in [0.2, 0.25) is 0 Å². The van der Waals surface area contributed by atoms with Gasteiger partial charge in [0, 0.05) is 64.1 Å². The molecule has 8 heteroatoms. The lowest BCUT2D eigenvalue weighted by atomic mass is 10.1. The summed E-state index contributed by atoms with van der Waals surface area (Å²) in [6.45, 7) is 12.9. The number of carbonyl (C=O) groups is 1. The molecule has 0 spiro atoms. The molecule has 0 bridgehead atoms. The molecule has 3 heterocycles.